The van der Waals surface area contributed by atoms with Crippen LogP contribution in [0.4, 0.5) is 0 Å². The van der Waals surface area contributed by atoms with Crippen LogP contribution in [-0.4, -0.2) is 48.1 Å². The van der Waals surface area contributed by atoms with Crippen LogP contribution in [0.5, 0.6) is 0 Å². The van der Waals surface area contributed by atoms with Crippen molar-refractivity contribution in [3.8, 4) is 0 Å². The van der Waals surface area contributed by atoms with Crippen LogP contribution in [0.25, 0.3) is 0 Å². The van der Waals surface area contributed by atoms with Crippen LogP contribution in [-0.2, 0) is 14.3 Å². The average molecular weight is 296 g/mol. The van der Waals surface area contributed by atoms with Gasteiger partial charge >= 0.3 is 0 Å². The molecule has 1 aliphatic carbocycles. The lowest BCUT2D eigenvalue weighted by molar-refractivity contribution is -0.158. The second kappa shape index (κ2) is 6.34. The molecule has 3 unspecified atom stereocenters. The molecule has 1 saturated heterocycles. The van der Waals surface area contributed by atoms with Gasteiger partial charge in [0.15, 0.2) is 0 Å². The van der Waals surface area contributed by atoms with Crippen molar-refractivity contribution in [2.75, 3.05) is 13.7 Å². The Labute approximate surface area is 127 Å². The van der Waals surface area contributed by atoms with E-state index in [0.717, 1.165) is 32.1 Å². The number of nitrogens with zero attached hydrogens (tertiary/aromatic N) is 1. The summed E-state index contributed by atoms with van der Waals surface area (Å²) in [5.74, 6) is 0.399. The molecule has 0 aromatic carbocycles. The van der Waals surface area contributed by atoms with Gasteiger partial charge in [0.1, 0.15) is 11.6 Å². The molecule has 0 radical (unpaired) electrons. The molecule has 120 valence electrons. The molecule has 2 rings (SSSR count). The summed E-state index contributed by atoms with van der Waals surface area (Å²) >= 11 is 0. The summed E-state index contributed by atoms with van der Waals surface area (Å²) in [5, 5.41) is 3.02. The molecule has 1 heterocycles. The van der Waals surface area contributed by atoms with Gasteiger partial charge in [0.25, 0.3) is 0 Å². The summed E-state index contributed by atoms with van der Waals surface area (Å²) < 4.78 is 5.13. The zero-order valence-corrected chi connectivity index (χ0v) is 13.6. The molecule has 1 N–H and O–H groups in total. The number of amides is 2. The predicted molar refractivity (Wildman–Crippen MR) is 80.8 cm³/mol. The first kappa shape index (κ1) is 16.3. The Balaban J connectivity index is 2.23. The van der Waals surface area contributed by atoms with E-state index in [0.29, 0.717) is 12.5 Å². The fourth-order valence-corrected chi connectivity index (χ4v) is 3.34. The topological polar surface area (TPSA) is 58.6 Å². The van der Waals surface area contributed by atoms with Crippen molar-refractivity contribution in [1.29, 1.82) is 0 Å². The molecule has 2 amide bonds. The van der Waals surface area contributed by atoms with Crippen molar-refractivity contribution in [3.63, 3.8) is 0 Å². The molecule has 1 saturated carbocycles. The molecule has 21 heavy (non-hydrogen) atoms. The van der Waals surface area contributed by atoms with Gasteiger partial charge in [0.05, 0.1) is 0 Å². The first-order chi connectivity index (χ1) is 9.95. The third kappa shape index (κ3) is 3.07. The van der Waals surface area contributed by atoms with Crippen LogP contribution >= 0.6 is 0 Å². The van der Waals surface area contributed by atoms with Crippen molar-refractivity contribution in [2.24, 2.45) is 5.92 Å². The minimum Gasteiger partial charge on any atom is -0.385 e. The van der Waals surface area contributed by atoms with Crippen molar-refractivity contribution >= 4 is 11.8 Å². The summed E-state index contributed by atoms with van der Waals surface area (Å²) in [5.41, 5.74) is -0.706. The zero-order valence-electron chi connectivity index (χ0n) is 13.6. The van der Waals surface area contributed by atoms with E-state index in [4.69, 9.17) is 4.74 Å². The fraction of sp³-hybridized carbons (Fsp3) is 0.875. The summed E-state index contributed by atoms with van der Waals surface area (Å²) in [7, 11) is 1.66. The monoisotopic (exact) mass is 296 g/mol. The Bertz CT molecular complexity index is 408. The highest BCUT2D eigenvalue weighted by Crippen LogP contribution is 2.43. The average Bonchev–Trinajstić information content (AvgIpc) is 3.27. The zero-order chi connectivity index (χ0) is 15.6. The van der Waals surface area contributed by atoms with E-state index in [1.807, 2.05) is 25.7 Å². The lowest BCUT2D eigenvalue weighted by Gasteiger charge is -2.47. The van der Waals surface area contributed by atoms with Gasteiger partial charge in [-0.2, -0.15) is 0 Å². The first-order valence-corrected chi connectivity index (χ1v) is 8.09. The highest BCUT2D eigenvalue weighted by Gasteiger charge is 2.55. The van der Waals surface area contributed by atoms with E-state index in [2.05, 4.69) is 5.32 Å². The molecular weight excluding hydrogens is 268 g/mol. The van der Waals surface area contributed by atoms with Crippen LogP contribution < -0.4 is 5.32 Å². The third-order valence-corrected chi connectivity index (χ3v) is 4.87. The number of methoxy groups -OCH3 is 1. The minimum absolute atomic E-state index is 0.00937. The Morgan fingerprint density at radius 3 is 2.62 bits per heavy atom. The smallest absolute Gasteiger partial charge is 0.249 e. The molecule has 5 nitrogen and oxygen atoms in total. The Hall–Kier alpha value is -1.10. The molecular formula is C16H28N2O3. The molecule has 2 fully saturated rings. The SMILES string of the molecule is CCCC1C(=O)NC(C)(C2CC2)C(=O)N1C(C)CCOC. The lowest BCUT2D eigenvalue weighted by atomic mass is 9.87. The van der Waals surface area contributed by atoms with Crippen molar-refractivity contribution in [2.45, 2.75) is 70.5 Å². The largest absolute Gasteiger partial charge is 0.385 e. The molecule has 3 atom stereocenters. The number of hydrogen-bond acceptors (Lipinski definition) is 3. The normalized spacial score (nSPS) is 31.2. The number of carbonyl (C=O) groups is 2. The molecule has 0 spiro atoms. The van der Waals surface area contributed by atoms with E-state index in [1.54, 1.807) is 7.11 Å². The number of piperazine rings is 1. The maximum absolute atomic E-state index is 13.0. The van der Waals surface area contributed by atoms with E-state index < -0.39 is 5.54 Å². The van der Waals surface area contributed by atoms with Crippen LogP contribution in [0.3, 0.4) is 0 Å². The Morgan fingerprint density at radius 1 is 1.43 bits per heavy atom. The van der Waals surface area contributed by atoms with E-state index >= 15 is 0 Å². The number of hydrogen-bond donors (Lipinski definition) is 1. The second-order valence-corrected chi connectivity index (χ2v) is 6.61. The van der Waals surface area contributed by atoms with Crippen LogP contribution in [0.15, 0.2) is 0 Å². The van der Waals surface area contributed by atoms with E-state index in [1.165, 1.54) is 0 Å². The van der Waals surface area contributed by atoms with Crippen LogP contribution in [0.1, 0.15) is 52.9 Å². The quantitative estimate of drug-likeness (QED) is 0.778. The highest BCUT2D eigenvalue weighted by molar-refractivity contribution is 6.00. The van der Waals surface area contributed by atoms with Crippen LogP contribution in [0, 0.1) is 5.92 Å². The molecule has 0 aromatic rings. The predicted octanol–water partition coefficient (Wildman–Crippen LogP) is 1.71. The summed E-state index contributed by atoms with van der Waals surface area (Å²) in [4.78, 5) is 27.4. The number of rotatable bonds is 7. The van der Waals surface area contributed by atoms with Gasteiger partial charge in [-0.3, -0.25) is 9.59 Å². The Kier molecular flexibility index (Phi) is 4.91. The molecule has 5 heteroatoms. The van der Waals surface area contributed by atoms with E-state index in [9.17, 15) is 9.59 Å². The molecule has 1 aliphatic heterocycles. The number of nitrogens with one attached hydrogen (secondary N) is 1. The molecule has 2 aliphatic rings. The second-order valence-electron chi connectivity index (χ2n) is 6.61. The van der Waals surface area contributed by atoms with Crippen molar-refractivity contribution < 1.29 is 14.3 Å². The van der Waals surface area contributed by atoms with Gasteiger partial charge in [-0.25, -0.2) is 0 Å². The summed E-state index contributed by atoms with van der Waals surface area (Å²) in [6.07, 6.45) is 4.42. The number of ether oxygens (including phenoxy) is 1. The maximum Gasteiger partial charge on any atom is 0.249 e. The maximum atomic E-state index is 13.0. The van der Waals surface area contributed by atoms with Gasteiger partial charge in [0.2, 0.25) is 11.8 Å². The highest BCUT2D eigenvalue weighted by atomic mass is 16.5. The van der Waals surface area contributed by atoms with Crippen LogP contribution in [0.2, 0.25) is 0 Å². The standard InChI is InChI=1S/C16H28N2O3/c1-5-6-13-14(19)17-16(3,12-7-8-12)15(20)18(13)11(2)9-10-21-4/h11-13H,5-10H2,1-4H3,(H,17,19). The van der Waals surface area contributed by atoms with Crippen molar-refractivity contribution in [3.05, 3.63) is 0 Å². The van der Waals surface area contributed by atoms with Gasteiger partial charge in [0, 0.05) is 19.8 Å². The number of carbonyl (C=O) groups excluding carboxylic acids is 2. The minimum atomic E-state index is -0.706. The van der Waals surface area contributed by atoms with Gasteiger partial charge in [-0.05, 0) is 45.4 Å². The van der Waals surface area contributed by atoms with Gasteiger partial charge in [-0.1, -0.05) is 13.3 Å². The van der Waals surface area contributed by atoms with Crippen molar-refractivity contribution in [1.82, 2.24) is 10.2 Å². The van der Waals surface area contributed by atoms with Gasteiger partial charge < -0.3 is 15.0 Å². The fourth-order valence-electron chi connectivity index (χ4n) is 3.34. The lowest BCUT2D eigenvalue weighted by Crippen LogP contribution is -2.71. The molecule has 0 aromatic heterocycles. The Morgan fingerprint density at radius 2 is 2.10 bits per heavy atom. The summed E-state index contributed by atoms with van der Waals surface area (Å²) in [6, 6.07) is -0.306. The molecule has 0 bridgehead atoms. The third-order valence-electron chi connectivity index (χ3n) is 4.87. The van der Waals surface area contributed by atoms with E-state index in [-0.39, 0.29) is 23.9 Å². The van der Waals surface area contributed by atoms with Gasteiger partial charge in [-0.15, -0.1) is 0 Å². The summed E-state index contributed by atoms with van der Waals surface area (Å²) in [6.45, 7) is 6.56. The first-order valence-electron chi connectivity index (χ1n) is 8.09.